The molecule has 2 atom stereocenters. The van der Waals surface area contributed by atoms with Gasteiger partial charge in [-0.05, 0) is 24.5 Å². The average molecular weight is 196 g/mol. The molecule has 0 heterocycles. The molecule has 2 N–H and O–H groups in total. The summed E-state index contributed by atoms with van der Waals surface area (Å²) in [7, 11) is 0. The van der Waals surface area contributed by atoms with E-state index in [9.17, 15) is 0 Å². The van der Waals surface area contributed by atoms with Crippen molar-refractivity contribution in [2.75, 3.05) is 0 Å². The smallest absolute Gasteiger partial charge is 0.0444 e. The van der Waals surface area contributed by atoms with Gasteiger partial charge in [0.05, 0.1) is 0 Å². The Labute approximate surface area is 83.9 Å². The summed E-state index contributed by atoms with van der Waals surface area (Å²) < 4.78 is 0. The Kier molecular flexibility index (Phi) is 2.09. The van der Waals surface area contributed by atoms with E-state index < -0.39 is 0 Å². The lowest BCUT2D eigenvalue weighted by atomic mass is 9.92. The quantitative estimate of drug-likeness (QED) is 0.772. The lowest BCUT2D eigenvalue weighted by Crippen LogP contribution is -2.17. The standard InChI is InChI=1S/C11H14ClN/c1-2-11(7-10(11)13)8-5-3-4-6-9(8)12/h3-6,10H,2,7,13H2,1H3/t10-,11?/m1/s1. The molecule has 1 aromatic rings. The molecule has 1 aromatic carbocycles. The molecule has 1 aliphatic carbocycles. The van der Waals surface area contributed by atoms with Crippen LogP contribution in [0.4, 0.5) is 0 Å². The van der Waals surface area contributed by atoms with Gasteiger partial charge >= 0.3 is 0 Å². The fourth-order valence-corrected chi connectivity index (χ4v) is 2.43. The fourth-order valence-electron chi connectivity index (χ4n) is 2.11. The Morgan fingerprint density at radius 3 is 2.62 bits per heavy atom. The summed E-state index contributed by atoms with van der Waals surface area (Å²) in [6.45, 7) is 2.18. The topological polar surface area (TPSA) is 26.0 Å². The maximum Gasteiger partial charge on any atom is 0.0444 e. The zero-order chi connectivity index (χ0) is 9.47. The van der Waals surface area contributed by atoms with Crippen LogP contribution >= 0.6 is 11.6 Å². The zero-order valence-electron chi connectivity index (χ0n) is 7.76. The Morgan fingerprint density at radius 1 is 1.54 bits per heavy atom. The highest BCUT2D eigenvalue weighted by molar-refractivity contribution is 6.31. The van der Waals surface area contributed by atoms with Crippen LogP contribution in [0.3, 0.4) is 0 Å². The monoisotopic (exact) mass is 195 g/mol. The predicted molar refractivity (Wildman–Crippen MR) is 56.0 cm³/mol. The highest BCUT2D eigenvalue weighted by atomic mass is 35.5. The largest absolute Gasteiger partial charge is 0.327 e. The van der Waals surface area contributed by atoms with E-state index in [0.29, 0.717) is 6.04 Å². The summed E-state index contributed by atoms with van der Waals surface area (Å²) in [5, 5.41) is 0.859. The summed E-state index contributed by atoms with van der Waals surface area (Å²) in [5.74, 6) is 0. The molecule has 1 saturated carbocycles. The average Bonchev–Trinajstić information content (AvgIpc) is 2.79. The maximum absolute atomic E-state index is 6.14. The van der Waals surface area contributed by atoms with Crippen LogP contribution in [-0.2, 0) is 5.41 Å². The second-order valence-corrected chi connectivity index (χ2v) is 4.21. The van der Waals surface area contributed by atoms with Crippen LogP contribution < -0.4 is 5.73 Å². The lowest BCUT2D eigenvalue weighted by Gasteiger charge is -2.15. The first kappa shape index (κ1) is 9.04. The summed E-state index contributed by atoms with van der Waals surface area (Å²) in [6.07, 6.45) is 2.16. The van der Waals surface area contributed by atoms with E-state index in [0.717, 1.165) is 17.9 Å². The minimum Gasteiger partial charge on any atom is -0.327 e. The van der Waals surface area contributed by atoms with Gasteiger partial charge in [-0.2, -0.15) is 0 Å². The molecule has 1 nitrogen and oxygen atoms in total. The first-order chi connectivity index (χ1) is 6.20. The lowest BCUT2D eigenvalue weighted by molar-refractivity contribution is 0.635. The van der Waals surface area contributed by atoms with E-state index in [-0.39, 0.29) is 5.41 Å². The van der Waals surface area contributed by atoms with E-state index in [4.69, 9.17) is 17.3 Å². The number of benzene rings is 1. The molecule has 0 aromatic heterocycles. The van der Waals surface area contributed by atoms with E-state index in [2.05, 4.69) is 13.0 Å². The van der Waals surface area contributed by atoms with Crippen LogP contribution in [0.5, 0.6) is 0 Å². The Morgan fingerprint density at radius 2 is 2.15 bits per heavy atom. The molecule has 2 heteroatoms. The molecule has 0 spiro atoms. The van der Waals surface area contributed by atoms with Crippen LogP contribution in [0, 0.1) is 0 Å². The second kappa shape index (κ2) is 3.00. The van der Waals surface area contributed by atoms with Crippen molar-refractivity contribution in [2.45, 2.75) is 31.2 Å². The summed E-state index contributed by atoms with van der Waals surface area (Å²) in [4.78, 5) is 0. The van der Waals surface area contributed by atoms with Crippen molar-refractivity contribution in [3.63, 3.8) is 0 Å². The van der Waals surface area contributed by atoms with Gasteiger partial charge in [-0.25, -0.2) is 0 Å². The van der Waals surface area contributed by atoms with E-state index >= 15 is 0 Å². The van der Waals surface area contributed by atoms with Gasteiger partial charge in [-0.3, -0.25) is 0 Å². The van der Waals surface area contributed by atoms with Crippen molar-refractivity contribution in [3.8, 4) is 0 Å². The van der Waals surface area contributed by atoms with Crippen LogP contribution in [0.25, 0.3) is 0 Å². The third-order valence-corrected chi connectivity index (χ3v) is 3.50. The molecule has 70 valence electrons. The Bertz CT molecular complexity index is 320. The van der Waals surface area contributed by atoms with Gasteiger partial charge in [-0.15, -0.1) is 0 Å². The maximum atomic E-state index is 6.14. The molecule has 1 fully saturated rings. The van der Waals surface area contributed by atoms with E-state index in [1.54, 1.807) is 0 Å². The molecule has 1 unspecified atom stereocenters. The van der Waals surface area contributed by atoms with Gasteiger partial charge in [0, 0.05) is 16.5 Å². The number of hydrogen-bond acceptors (Lipinski definition) is 1. The van der Waals surface area contributed by atoms with Crippen molar-refractivity contribution in [2.24, 2.45) is 5.73 Å². The Balaban J connectivity index is 2.41. The van der Waals surface area contributed by atoms with Crippen LogP contribution in [0.15, 0.2) is 24.3 Å². The van der Waals surface area contributed by atoms with Gasteiger partial charge in [0.25, 0.3) is 0 Å². The Hall–Kier alpha value is -0.530. The normalized spacial score (nSPS) is 31.8. The molecular weight excluding hydrogens is 182 g/mol. The molecule has 0 aliphatic heterocycles. The molecule has 1 aliphatic rings. The molecule has 0 saturated heterocycles. The van der Waals surface area contributed by atoms with Gasteiger partial charge in [-0.1, -0.05) is 36.7 Å². The van der Waals surface area contributed by atoms with Crippen molar-refractivity contribution < 1.29 is 0 Å². The van der Waals surface area contributed by atoms with Gasteiger partial charge in [0.1, 0.15) is 0 Å². The second-order valence-electron chi connectivity index (χ2n) is 3.80. The number of nitrogens with two attached hydrogens (primary N) is 1. The van der Waals surface area contributed by atoms with Gasteiger partial charge in [0.15, 0.2) is 0 Å². The molecular formula is C11H14ClN. The SMILES string of the molecule is CCC1(c2ccccc2Cl)C[C@H]1N. The number of halogens is 1. The summed E-state index contributed by atoms with van der Waals surface area (Å²) in [6, 6.07) is 8.34. The van der Waals surface area contributed by atoms with Crippen molar-refractivity contribution in [1.82, 2.24) is 0 Å². The van der Waals surface area contributed by atoms with Crippen LogP contribution in [-0.4, -0.2) is 6.04 Å². The summed E-state index contributed by atoms with van der Waals surface area (Å²) in [5.41, 5.74) is 7.36. The van der Waals surface area contributed by atoms with Crippen molar-refractivity contribution in [3.05, 3.63) is 34.9 Å². The van der Waals surface area contributed by atoms with Crippen LogP contribution in [0.1, 0.15) is 25.3 Å². The molecule has 13 heavy (non-hydrogen) atoms. The van der Waals surface area contributed by atoms with Crippen molar-refractivity contribution >= 4 is 11.6 Å². The zero-order valence-corrected chi connectivity index (χ0v) is 8.51. The summed E-state index contributed by atoms with van der Waals surface area (Å²) >= 11 is 6.14. The first-order valence-electron chi connectivity index (χ1n) is 4.71. The fraction of sp³-hybridized carbons (Fsp3) is 0.455. The number of hydrogen-bond donors (Lipinski definition) is 1. The first-order valence-corrected chi connectivity index (χ1v) is 5.09. The highest BCUT2D eigenvalue weighted by Gasteiger charge is 2.52. The molecule has 0 radical (unpaired) electrons. The van der Waals surface area contributed by atoms with Gasteiger partial charge in [0.2, 0.25) is 0 Å². The third-order valence-electron chi connectivity index (χ3n) is 3.17. The predicted octanol–water partition coefficient (Wildman–Crippen LogP) is 2.72. The minimum absolute atomic E-state index is 0.179. The van der Waals surface area contributed by atoms with Crippen LogP contribution in [0.2, 0.25) is 5.02 Å². The number of rotatable bonds is 2. The minimum atomic E-state index is 0.179. The third kappa shape index (κ3) is 1.27. The van der Waals surface area contributed by atoms with Gasteiger partial charge < -0.3 is 5.73 Å². The molecule has 2 rings (SSSR count). The molecule has 0 bridgehead atoms. The highest BCUT2D eigenvalue weighted by Crippen LogP contribution is 2.51. The molecule has 0 amide bonds. The van der Waals surface area contributed by atoms with Crippen molar-refractivity contribution in [1.29, 1.82) is 0 Å². The van der Waals surface area contributed by atoms with E-state index in [1.807, 2.05) is 18.2 Å². The van der Waals surface area contributed by atoms with E-state index in [1.165, 1.54) is 5.56 Å².